The van der Waals surface area contributed by atoms with Crippen LogP contribution in [0.25, 0.3) is 0 Å². The molecule has 0 aliphatic carbocycles. The standard InChI is InChI=1S/C25H50O7/c1-11-26-18-25(19-27-12-15-30-22(2,3)4,20-28-13-16-31-23(5,6)7)21-29-14-17-32-24(8,9)10/h11H,1,12-21H2,2-10H3. The van der Waals surface area contributed by atoms with E-state index in [1.165, 1.54) is 6.26 Å². The van der Waals surface area contributed by atoms with Gasteiger partial charge in [0.15, 0.2) is 0 Å². The van der Waals surface area contributed by atoms with Crippen LogP contribution in [0.3, 0.4) is 0 Å². The van der Waals surface area contributed by atoms with Crippen LogP contribution in [0.2, 0.25) is 0 Å². The minimum absolute atomic E-state index is 0.196. The maximum Gasteiger partial charge on any atom is 0.0995 e. The molecule has 192 valence electrons. The lowest BCUT2D eigenvalue weighted by Crippen LogP contribution is -2.42. The van der Waals surface area contributed by atoms with E-state index in [-0.39, 0.29) is 16.8 Å². The molecule has 0 spiro atoms. The van der Waals surface area contributed by atoms with Gasteiger partial charge in [0.25, 0.3) is 0 Å². The SMILES string of the molecule is C=COCC(COCCOC(C)(C)C)(COCCOC(C)(C)C)COCCOC(C)(C)C. The van der Waals surface area contributed by atoms with E-state index >= 15 is 0 Å². The van der Waals surface area contributed by atoms with Gasteiger partial charge in [0.05, 0.1) is 94.5 Å². The Kier molecular flexibility index (Phi) is 14.9. The maximum absolute atomic E-state index is 5.95. The monoisotopic (exact) mass is 462 g/mol. The smallest absolute Gasteiger partial charge is 0.0995 e. The van der Waals surface area contributed by atoms with E-state index in [0.29, 0.717) is 66.1 Å². The van der Waals surface area contributed by atoms with Gasteiger partial charge < -0.3 is 33.2 Å². The number of hydrogen-bond acceptors (Lipinski definition) is 7. The topological polar surface area (TPSA) is 64.6 Å². The first-order chi connectivity index (χ1) is 14.7. The van der Waals surface area contributed by atoms with Gasteiger partial charge in [-0.05, 0) is 62.3 Å². The van der Waals surface area contributed by atoms with E-state index in [4.69, 9.17) is 33.2 Å². The second-order valence-corrected chi connectivity index (χ2v) is 11.0. The summed E-state index contributed by atoms with van der Waals surface area (Å²) in [5.74, 6) is 0. The average Bonchev–Trinajstić information content (AvgIpc) is 2.62. The largest absolute Gasteiger partial charge is 0.501 e. The first-order valence-electron chi connectivity index (χ1n) is 11.6. The fraction of sp³-hybridized carbons (Fsp3) is 0.920. The second-order valence-electron chi connectivity index (χ2n) is 11.0. The van der Waals surface area contributed by atoms with E-state index in [1.54, 1.807) is 0 Å². The molecule has 0 saturated carbocycles. The summed E-state index contributed by atoms with van der Waals surface area (Å²) >= 11 is 0. The lowest BCUT2D eigenvalue weighted by molar-refractivity contribution is -0.121. The zero-order valence-electron chi connectivity index (χ0n) is 22.2. The Morgan fingerprint density at radius 1 is 0.500 bits per heavy atom. The molecule has 0 aliphatic rings. The molecule has 7 heteroatoms. The summed E-state index contributed by atoms with van der Waals surface area (Å²) in [7, 11) is 0. The molecular formula is C25H50O7. The van der Waals surface area contributed by atoms with Gasteiger partial charge in [-0.2, -0.15) is 0 Å². The summed E-state index contributed by atoms with van der Waals surface area (Å²) in [6, 6.07) is 0. The van der Waals surface area contributed by atoms with E-state index in [2.05, 4.69) is 6.58 Å². The third-order valence-electron chi connectivity index (χ3n) is 4.02. The average molecular weight is 463 g/mol. The van der Waals surface area contributed by atoms with Crippen LogP contribution >= 0.6 is 0 Å². The quantitative estimate of drug-likeness (QED) is 0.217. The third-order valence-corrected chi connectivity index (χ3v) is 4.02. The van der Waals surface area contributed by atoms with Crippen molar-refractivity contribution >= 4 is 0 Å². The minimum Gasteiger partial charge on any atom is -0.501 e. The van der Waals surface area contributed by atoms with Crippen LogP contribution in [0.5, 0.6) is 0 Å². The Labute approximate surface area is 197 Å². The minimum atomic E-state index is -0.487. The third kappa shape index (κ3) is 19.9. The van der Waals surface area contributed by atoms with Crippen molar-refractivity contribution in [3.05, 3.63) is 12.8 Å². The molecule has 32 heavy (non-hydrogen) atoms. The van der Waals surface area contributed by atoms with Gasteiger partial charge in [0, 0.05) is 0 Å². The Morgan fingerprint density at radius 2 is 0.812 bits per heavy atom. The Hall–Kier alpha value is -0.700. The van der Waals surface area contributed by atoms with Gasteiger partial charge in [-0.25, -0.2) is 0 Å². The number of ether oxygens (including phenoxy) is 7. The highest BCUT2D eigenvalue weighted by Gasteiger charge is 2.33. The Balaban J connectivity index is 4.83. The van der Waals surface area contributed by atoms with Gasteiger partial charge in [-0.3, -0.25) is 0 Å². The molecule has 0 fully saturated rings. The van der Waals surface area contributed by atoms with Crippen molar-refractivity contribution in [3.63, 3.8) is 0 Å². The zero-order chi connectivity index (χ0) is 24.7. The molecular weight excluding hydrogens is 412 g/mol. The number of hydrogen-bond donors (Lipinski definition) is 0. The van der Waals surface area contributed by atoms with Gasteiger partial charge in [-0.1, -0.05) is 6.58 Å². The Morgan fingerprint density at radius 3 is 1.06 bits per heavy atom. The van der Waals surface area contributed by atoms with Gasteiger partial charge in [0.2, 0.25) is 0 Å². The van der Waals surface area contributed by atoms with Crippen molar-refractivity contribution in [2.45, 2.75) is 79.1 Å². The van der Waals surface area contributed by atoms with Gasteiger partial charge in [-0.15, -0.1) is 0 Å². The van der Waals surface area contributed by atoms with E-state index in [0.717, 1.165) is 0 Å². The number of rotatable bonds is 18. The highest BCUT2D eigenvalue weighted by Crippen LogP contribution is 2.21. The first-order valence-corrected chi connectivity index (χ1v) is 11.6. The van der Waals surface area contributed by atoms with Crippen LogP contribution in [0.1, 0.15) is 62.3 Å². The van der Waals surface area contributed by atoms with Gasteiger partial charge in [0.1, 0.15) is 0 Å². The fourth-order valence-corrected chi connectivity index (χ4v) is 2.57. The van der Waals surface area contributed by atoms with Crippen molar-refractivity contribution in [3.8, 4) is 0 Å². The van der Waals surface area contributed by atoms with Crippen LogP contribution in [0, 0.1) is 5.41 Å². The Bertz CT molecular complexity index is 412. The van der Waals surface area contributed by atoms with Crippen molar-refractivity contribution < 1.29 is 33.2 Å². The van der Waals surface area contributed by atoms with E-state index < -0.39 is 5.41 Å². The van der Waals surface area contributed by atoms with Crippen LogP contribution in [-0.2, 0) is 33.2 Å². The van der Waals surface area contributed by atoms with Crippen molar-refractivity contribution in [1.29, 1.82) is 0 Å². The van der Waals surface area contributed by atoms with Crippen LogP contribution in [0.4, 0.5) is 0 Å². The van der Waals surface area contributed by atoms with Crippen molar-refractivity contribution in [1.82, 2.24) is 0 Å². The summed E-state index contributed by atoms with van der Waals surface area (Å²) in [6.07, 6.45) is 1.43. The van der Waals surface area contributed by atoms with E-state index in [9.17, 15) is 0 Å². The lowest BCUT2D eigenvalue weighted by atomic mass is 9.92. The van der Waals surface area contributed by atoms with Gasteiger partial charge >= 0.3 is 0 Å². The molecule has 0 amide bonds. The molecule has 0 unspecified atom stereocenters. The van der Waals surface area contributed by atoms with Crippen LogP contribution in [-0.4, -0.2) is 82.9 Å². The normalized spacial score (nSPS) is 13.4. The molecule has 7 nitrogen and oxygen atoms in total. The summed E-state index contributed by atoms with van der Waals surface area (Å²) in [4.78, 5) is 0. The zero-order valence-corrected chi connectivity index (χ0v) is 22.2. The summed E-state index contributed by atoms with van der Waals surface area (Å²) in [6.45, 7) is 26.5. The highest BCUT2D eigenvalue weighted by molar-refractivity contribution is 4.80. The lowest BCUT2D eigenvalue weighted by Gasteiger charge is -2.33. The predicted octanol–water partition coefficient (Wildman–Crippen LogP) is 4.63. The molecule has 0 aliphatic heterocycles. The summed E-state index contributed by atoms with van der Waals surface area (Å²) in [5.41, 5.74) is -1.07. The molecule has 0 radical (unpaired) electrons. The van der Waals surface area contributed by atoms with E-state index in [1.807, 2.05) is 62.3 Å². The second kappa shape index (κ2) is 15.3. The molecule has 0 aromatic rings. The molecule has 0 aromatic carbocycles. The summed E-state index contributed by atoms with van der Waals surface area (Å²) in [5, 5.41) is 0. The predicted molar refractivity (Wildman–Crippen MR) is 128 cm³/mol. The van der Waals surface area contributed by atoms with Crippen molar-refractivity contribution in [2.75, 3.05) is 66.1 Å². The molecule has 0 rings (SSSR count). The fourth-order valence-electron chi connectivity index (χ4n) is 2.57. The molecule has 0 heterocycles. The maximum atomic E-state index is 5.95. The van der Waals surface area contributed by atoms with Crippen LogP contribution in [0.15, 0.2) is 12.8 Å². The molecule has 0 aromatic heterocycles. The molecule has 0 bridgehead atoms. The molecule has 0 atom stereocenters. The van der Waals surface area contributed by atoms with Crippen LogP contribution < -0.4 is 0 Å². The molecule has 0 N–H and O–H groups in total. The first kappa shape index (κ1) is 31.3. The molecule has 0 saturated heterocycles. The highest BCUT2D eigenvalue weighted by atomic mass is 16.6. The summed E-state index contributed by atoms with van der Waals surface area (Å²) < 4.78 is 40.7. The van der Waals surface area contributed by atoms with Crippen molar-refractivity contribution in [2.24, 2.45) is 5.41 Å².